The quantitative estimate of drug-likeness (QED) is 0.223. The molecule has 0 atom stereocenters. The standard InChI is InChI=1S/C39H45NO/c1-23-16-25(3)34-30-13-11-12-29(35(30)41-33(34)17-23)32-19-31(26(4)20-40-32)28-15-14-27(18-24(28)2)36-38(7,8)21-37(5,6)22-39(36,9)10/h11-20,36H,21-22H2,1-10H3/i1D3,4D3,36D. The Morgan fingerprint density at radius 3 is 2.24 bits per heavy atom. The van der Waals surface area contributed by atoms with Crippen molar-refractivity contribution < 1.29 is 14.0 Å². The van der Waals surface area contributed by atoms with E-state index >= 15 is 0 Å². The Morgan fingerprint density at radius 2 is 1.56 bits per heavy atom. The number of para-hydroxylation sites is 1. The van der Waals surface area contributed by atoms with Crippen molar-refractivity contribution in [3.8, 4) is 22.4 Å². The van der Waals surface area contributed by atoms with Crippen LogP contribution in [-0.4, -0.2) is 4.98 Å². The number of fused-ring (bicyclic) bond motifs is 3. The van der Waals surface area contributed by atoms with Crippen LogP contribution >= 0.6 is 0 Å². The average molecular weight is 551 g/mol. The lowest BCUT2D eigenvalue weighted by Gasteiger charge is -2.56. The van der Waals surface area contributed by atoms with Gasteiger partial charge in [0.25, 0.3) is 0 Å². The van der Waals surface area contributed by atoms with E-state index in [9.17, 15) is 1.37 Å². The minimum absolute atomic E-state index is 0.119. The summed E-state index contributed by atoms with van der Waals surface area (Å²) in [5.41, 5.74) is 6.14. The van der Waals surface area contributed by atoms with Gasteiger partial charge in [0.1, 0.15) is 11.2 Å². The lowest BCUT2D eigenvalue weighted by atomic mass is 9.49. The maximum atomic E-state index is 10.0. The predicted octanol–water partition coefficient (Wildman–Crippen LogP) is 11.5. The molecule has 0 N–H and O–H groups in total. The Labute approximate surface area is 256 Å². The fourth-order valence-electron chi connectivity index (χ4n) is 8.61. The SMILES string of the molecule is [2H]C([2H])([2H])c1cc(C)c2c(c1)oc1c(-c3cc(-c4ccc(C5([2H])C(C)(C)CC(C)(C)CC5(C)C)cc4C)c(C([2H])([2H])[2H])cn3)cccc12. The van der Waals surface area contributed by atoms with Gasteiger partial charge in [-0.2, -0.15) is 0 Å². The number of hydrogen-bond acceptors (Lipinski definition) is 2. The second kappa shape index (κ2) is 9.31. The zero-order valence-electron chi connectivity index (χ0n) is 32.5. The summed E-state index contributed by atoms with van der Waals surface area (Å²) in [4.78, 5) is 4.64. The van der Waals surface area contributed by atoms with Crippen LogP contribution in [0, 0.1) is 43.8 Å². The topological polar surface area (TPSA) is 26.0 Å². The van der Waals surface area contributed by atoms with E-state index in [1.54, 1.807) is 12.1 Å². The van der Waals surface area contributed by atoms with E-state index in [1.165, 1.54) is 6.20 Å². The van der Waals surface area contributed by atoms with Crippen LogP contribution in [0.5, 0.6) is 0 Å². The highest BCUT2D eigenvalue weighted by molar-refractivity contribution is 6.11. The maximum Gasteiger partial charge on any atom is 0.144 e. The van der Waals surface area contributed by atoms with Gasteiger partial charge in [-0.3, -0.25) is 4.98 Å². The van der Waals surface area contributed by atoms with E-state index in [-0.39, 0.29) is 27.4 Å². The molecule has 1 fully saturated rings. The van der Waals surface area contributed by atoms with Crippen molar-refractivity contribution in [1.29, 1.82) is 0 Å². The number of aromatic nitrogens is 1. The molecule has 2 nitrogen and oxygen atoms in total. The highest BCUT2D eigenvalue weighted by Gasteiger charge is 2.50. The first-order valence-corrected chi connectivity index (χ1v) is 14.6. The molecular formula is C39H45NO. The summed E-state index contributed by atoms with van der Waals surface area (Å²) in [6, 6.07) is 16.9. The largest absolute Gasteiger partial charge is 0.455 e. The third kappa shape index (κ3) is 4.70. The first-order valence-electron chi connectivity index (χ1n) is 18.1. The van der Waals surface area contributed by atoms with Gasteiger partial charge in [-0.1, -0.05) is 77.9 Å². The third-order valence-electron chi connectivity index (χ3n) is 8.98. The first-order chi connectivity index (χ1) is 22.0. The molecule has 5 aromatic rings. The summed E-state index contributed by atoms with van der Waals surface area (Å²) in [6.07, 6.45) is 3.29. The number of furan rings is 1. The van der Waals surface area contributed by atoms with E-state index in [0.717, 1.165) is 45.9 Å². The molecule has 0 radical (unpaired) electrons. The van der Waals surface area contributed by atoms with E-state index < -0.39 is 19.6 Å². The normalized spacial score (nSPS) is 22.2. The molecule has 0 bridgehead atoms. The molecule has 3 aromatic carbocycles. The van der Waals surface area contributed by atoms with Crippen LogP contribution in [0.4, 0.5) is 0 Å². The van der Waals surface area contributed by atoms with Crippen LogP contribution in [0.25, 0.3) is 44.3 Å². The van der Waals surface area contributed by atoms with E-state index in [0.29, 0.717) is 28.0 Å². The third-order valence-corrected chi connectivity index (χ3v) is 8.98. The number of aryl methyl sites for hydroxylation is 4. The zero-order valence-corrected chi connectivity index (χ0v) is 25.5. The van der Waals surface area contributed by atoms with Crippen molar-refractivity contribution in [2.24, 2.45) is 16.2 Å². The van der Waals surface area contributed by atoms with Gasteiger partial charge in [-0.25, -0.2) is 0 Å². The molecule has 0 aliphatic heterocycles. The molecule has 1 aliphatic rings. The smallest absolute Gasteiger partial charge is 0.144 e. The molecule has 2 heteroatoms. The van der Waals surface area contributed by atoms with Crippen LogP contribution in [0.3, 0.4) is 0 Å². The molecule has 41 heavy (non-hydrogen) atoms. The second-order valence-electron chi connectivity index (χ2n) is 14.3. The number of nitrogens with zero attached hydrogens (tertiary/aromatic N) is 1. The fraction of sp³-hybridized carbons (Fsp3) is 0.410. The predicted molar refractivity (Wildman–Crippen MR) is 175 cm³/mol. The molecule has 1 saturated carbocycles. The minimum atomic E-state index is -2.41. The van der Waals surface area contributed by atoms with Gasteiger partial charge in [-0.15, -0.1) is 0 Å². The van der Waals surface area contributed by atoms with Crippen molar-refractivity contribution in [2.45, 2.75) is 87.8 Å². The van der Waals surface area contributed by atoms with Crippen LogP contribution in [0.2, 0.25) is 0 Å². The Kier molecular flexibility index (Phi) is 4.65. The van der Waals surface area contributed by atoms with Gasteiger partial charge >= 0.3 is 0 Å². The molecule has 2 heterocycles. The van der Waals surface area contributed by atoms with Crippen LogP contribution < -0.4 is 0 Å². The van der Waals surface area contributed by atoms with Crippen LogP contribution in [0.15, 0.2) is 65.2 Å². The number of rotatable bonds is 3. The van der Waals surface area contributed by atoms with E-state index in [2.05, 4.69) is 52.6 Å². The van der Waals surface area contributed by atoms with Crippen molar-refractivity contribution in [2.75, 3.05) is 0 Å². The zero-order chi connectivity index (χ0) is 35.4. The highest BCUT2D eigenvalue weighted by Crippen LogP contribution is 2.61. The van der Waals surface area contributed by atoms with Crippen LogP contribution in [-0.2, 0) is 0 Å². The summed E-state index contributed by atoms with van der Waals surface area (Å²) in [5.74, 6) is -0.858. The Balaban J connectivity index is 1.52. The maximum absolute atomic E-state index is 10.0. The van der Waals surface area contributed by atoms with Crippen molar-refractivity contribution in [1.82, 2.24) is 4.98 Å². The van der Waals surface area contributed by atoms with Gasteiger partial charge < -0.3 is 4.42 Å². The monoisotopic (exact) mass is 550 g/mol. The lowest BCUT2D eigenvalue weighted by molar-refractivity contribution is -0.00953. The summed E-state index contributed by atoms with van der Waals surface area (Å²) < 4.78 is 65.3. The van der Waals surface area contributed by atoms with Gasteiger partial charge in [0.15, 0.2) is 0 Å². The van der Waals surface area contributed by atoms with Gasteiger partial charge in [-0.05, 0) is 120 Å². The molecular weight excluding hydrogens is 498 g/mol. The summed E-state index contributed by atoms with van der Waals surface area (Å²) in [6.45, 7) is 12.6. The number of hydrogen-bond donors (Lipinski definition) is 0. The summed E-state index contributed by atoms with van der Waals surface area (Å²) in [7, 11) is 0. The molecule has 6 rings (SSSR count). The fourth-order valence-corrected chi connectivity index (χ4v) is 8.61. The first kappa shape index (κ1) is 20.5. The van der Waals surface area contributed by atoms with Crippen molar-refractivity contribution >= 4 is 21.9 Å². The molecule has 2 aromatic heterocycles. The van der Waals surface area contributed by atoms with Crippen molar-refractivity contribution in [3.63, 3.8) is 0 Å². The molecule has 0 spiro atoms. The van der Waals surface area contributed by atoms with E-state index in [4.69, 9.17) is 12.6 Å². The Hall–Kier alpha value is -3.39. The summed E-state index contributed by atoms with van der Waals surface area (Å²) in [5, 5.41) is 1.68. The molecule has 0 unspecified atom stereocenters. The summed E-state index contributed by atoms with van der Waals surface area (Å²) >= 11 is 0. The highest BCUT2D eigenvalue weighted by atomic mass is 16.3. The Morgan fingerprint density at radius 1 is 0.805 bits per heavy atom. The number of pyridine rings is 1. The van der Waals surface area contributed by atoms with Gasteiger partial charge in [0.2, 0.25) is 0 Å². The van der Waals surface area contributed by atoms with Gasteiger partial charge in [0.05, 0.1) is 5.69 Å². The average Bonchev–Trinajstić information content (AvgIpc) is 3.33. The molecule has 1 aliphatic carbocycles. The number of benzene rings is 3. The Bertz CT molecular complexity index is 2060. The van der Waals surface area contributed by atoms with Crippen molar-refractivity contribution in [3.05, 3.63) is 88.6 Å². The second-order valence-corrected chi connectivity index (χ2v) is 14.3. The molecule has 212 valence electrons. The van der Waals surface area contributed by atoms with Gasteiger partial charge in [0, 0.05) is 32.1 Å². The van der Waals surface area contributed by atoms with Crippen LogP contribution in [0.1, 0.15) is 97.7 Å². The molecule has 0 saturated heterocycles. The lowest BCUT2D eigenvalue weighted by Crippen LogP contribution is -2.45. The van der Waals surface area contributed by atoms with E-state index in [1.807, 2.05) is 50.2 Å². The molecule has 0 amide bonds. The minimum Gasteiger partial charge on any atom is -0.455 e.